The van der Waals surface area contributed by atoms with Crippen LogP contribution in [0.5, 0.6) is 0 Å². The normalized spacial score (nSPS) is 18.0. The number of hydrogen-bond acceptors (Lipinski definition) is 4. The monoisotopic (exact) mass is 509 g/mol. The predicted octanol–water partition coefficient (Wildman–Crippen LogP) is 5.67. The Morgan fingerprint density at radius 3 is 2.14 bits per heavy atom. The van der Waals surface area contributed by atoms with Crippen LogP contribution < -0.4 is 4.90 Å². The molecule has 3 aromatic carbocycles. The van der Waals surface area contributed by atoms with Crippen molar-refractivity contribution in [2.75, 3.05) is 11.4 Å². The number of aromatic nitrogens is 1. The molecular weight excluding hydrogens is 482 g/mol. The number of hydrogen-bond donors (Lipinski definition) is 0. The van der Waals surface area contributed by atoms with E-state index in [1.165, 1.54) is 4.31 Å². The van der Waals surface area contributed by atoms with Gasteiger partial charge in [0.2, 0.25) is 15.9 Å². The summed E-state index contributed by atoms with van der Waals surface area (Å²) < 4.78 is 29.2. The first-order chi connectivity index (χ1) is 17.9. The largest absolute Gasteiger partial charge is 0.273 e. The molecule has 0 spiro atoms. The van der Waals surface area contributed by atoms with Gasteiger partial charge in [0.1, 0.15) is 5.82 Å². The molecule has 1 fully saturated rings. The standard InChI is InChI=1S/C30H27N3O3S/c1-22-16-18-26(19-17-22)37(35,36)32-21-23(2)28(29(32)24-11-5-3-6-12-24)30(34)33(25-13-7-4-8-14-25)27-15-9-10-20-31-27/h3-20,28-29H,2,21H2,1H3/t28-,29+/m1/s1. The Bertz CT molecular complexity index is 1470. The highest BCUT2D eigenvalue weighted by molar-refractivity contribution is 7.89. The predicted molar refractivity (Wildman–Crippen MR) is 145 cm³/mol. The highest BCUT2D eigenvalue weighted by atomic mass is 32.2. The summed E-state index contributed by atoms with van der Waals surface area (Å²) in [6.45, 7) is 6.15. The number of aryl methyl sites for hydroxylation is 1. The topological polar surface area (TPSA) is 70.6 Å². The Hall–Kier alpha value is -4.07. The number of carbonyl (C=O) groups excluding carboxylic acids is 1. The molecule has 186 valence electrons. The van der Waals surface area contributed by atoms with E-state index in [0.717, 1.165) is 11.1 Å². The first-order valence-corrected chi connectivity index (χ1v) is 13.4. The summed E-state index contributed by atoms with van der Waals surface area (Å²) in [6.07, 6.45) is 1.63. The van der Waals surface area contributed by atoms with Gasteiger partial charge in [-0.2, -0.15) is 4.31 Å². The second-order valence-electron chi connectivity index (χ2n) is 9.05. The van der Waals surface area contributed by atoms with Crippen LogP contribution >= 0.6 is 0 Å². The average Bonchev–Trinajstić information content (AvgIpc) is 3.28. The fourth-order valence-corrected chi connectivity index (χ4v) is 6.39. The van der Waals surface area contributed by atoms with E-state index in [2.05, 4.69) is 11.6 Å². The third-order valence-electron chi connectivity index (χ3n) is 6.57. The summed E-state index contributed by atoms with van der Waals surface area (Å²) >= 11 is 0. The van der Waals surface area contributed by atoms with E-state index in [0.29, 0.717) is 17.1 Å². The van der Waals surface area contributed by atoms with Gasteiger partial charge in [-0.25, -0.2) is 13.4 Å². The lowest BCUT2D eigenvalue weighted by Crippen LogP contribution is -2.38. The van der Waals surface area contributed by atoms with Gasteiger partial charge >= 0.3 is 0 Å². The molecule has 1 aliphatic rings. The maximum atomic E-state index is 14.4. The Kier molecular flexibility index (Phi) is 6.74. The van der Waals surface area contributed by atoms with Crippen molar-refractivity contribution >= 4 is 27.4 Å². The van der Waals surface area contributed by atoms with Crippen LogP contribution in [0.25, 0.3) is 0 Å². The third-order valence-corrected chi connectivity index (χ3v) is 8.41. The smallest absolute Gasteiger partial charge is 0.243 e. The van der Waals surface area contributed by atoms with Crippen LogP contribution in [0.3, 0.4) is 0 Å². The number of rotatable bonds is 6. The van der Waals surface area contributed by atoms with Crippen LogP contribution in [0.4, 0.5) is 11.5 Å². The van der Waals surface area contributed by atoms with Crippen LogP contribution in [0.15, 0.2) is 126 Å². The van der Waals surface area contributed by atoms with Crippen molar-refractivity contribution in [3.05, 3.63) is 133 Å². The van der Waals surface area contributed by atoms with Crippen LogP contribution in [0.1, 0.15) is 17.2 Å². The lowest BCUT2D eigenvalue weighted by atomic mass is 9.90. The molecule has 2 heterocycles. The van der Waals surface area contributed by atoms with Crippen molar-refractivity contribution in [2.45, 2.75) is 17.9 Å². The molecule has 0 bridgehead atoms. The number of nitrogens with zero attached hydrogens (tertiary/aromatic N) is 3. The summed E-state index contributed by atoms with van der Waals surface area (Å²) in [7, 11) is -3.92. The van der Waals surface area contributed by atoms with Gasteiger partial charge in [0.25, 0.3) is 0 Å². The number of carbonyl (C=O) groups is 1. The average molecular weight is 510 g/mol. The summed E-state index contributed by atoms with van der Waals surface area (Å²) in [6, 6.07) is 29.9. The van der Waals surface area contributed by atoms with Crippen molar-refractivity contribution in [1.82, 2.24) is 9.29 Å². The second-order valence-corrected chi connectivity index (χ2v) is 10.9. The first kappa shape index (κ1) is 24.6. The summed E-state index contributed by atoms with van der Waals surface area (Å²) in [5.74, 6) is -0.645. The van der Waals surface area contributed by atoms with Gasteiger partial charge in [0.15, 0.2) is 0 Å². The molecule has 37 heavy (non-hydrogen) atoms. The molecule has 1 aromatic heterocycles. The zero-order chi connectivity index (χ0) is 26.0. The van der Waals surface area contributed by atoms with Gasteiger partial charge < -0.3 is 0 Å². The van der Waals surface area contributed by atoms with E-state index < -0.39 is 22.0 Å². The number of amides is 1. The quantitative estimate of drug-likeness (QED) is 0.314. The minimum atomic E-state index is -3.92. The SMILES string of the molecule is C=C1CN(S(=O)(=O)c2ccc(C)cc2)[C@@H](c2ccccc2)[C@@H]1C(=O)N(c1ccccc1)c1ccccn1. The van der Waals surface area contributed by atoms with E-state index >= 15 is 0 Å². The van der Waals surface area contributed by atoms with E-state index in [1.807, 2.05) is 73.7 Å². The van der Waals surface area contributed by atoms with Crippen molar-refractivity contribution in [2.24, 2.45) is 5.92 Å². The maximum absolute atomic E-state index is 14.4. The van der Waals surface area contributed by atoms with Crippen LogP contribution in [-0.2, 0) is 14.8 Å². The van der Waals surface area contributed by atoms with Gasteiger partial charge in [-0.1, -0.05) is 78.9 Å². The molecule has 1 aliphatic heterocycles. The maximum Gasteiger partial charge on any atom is 0.243 e. The molecule has 0 aliphatic carbocycles. The molecular formula is C30H27N3O3S. The number of sulfonamides is 1. The minimum absolute atomic E-state index is 0.0387. The highest BCUT2D eigenvalue weighted by Gasteiger charge is 2.49. The summed E-state index contributed by atoms with van der Waals surface area (Å²) in [5.41, 5.74) is 2.87. The molecule has 2 atom stereocenters. The molecule has 1 saturated heterocycles. The Morgan fingerprint density at radius 2 is 1.51 bits per heavy atom. The second kappa shape index (κ2) is 10.1. The zero-order valence-corrected chi connectivity index (χ0v) is 21.3. The molecule has 4 aromatic rings. The van der Waals surface area contributed by atoms with Crippen molar-refractivity contribution in [3.8, 4) is 0 Å². The van der Waals surface area contributed by atoms with Crippen molar-refractivity contribution in [3.63, 3.8) is 0 Å². The lowest BCUT2D eigenvalue weighted by Gasteiger charge is -2.31. The zero-order valence-electron chi connectivity index (χ0n) is 20.4. The number of para-hydroxylation sites is 1. The van der Waals surface area contributed by atoms with E-state index in [4.69, 9.17) is 0 Å². The molecule has 0 unspecified atom stereocenters. The molecule has 1 amide bonds. The van der Waals surface area contributed by atoms with Gasteiger partial charge in [-0.15, -0.1) is 0 Å². The van der Waals surface area contributed by atoms with Gasteiger partial charge in [0.05, 0.1) is 22.5 Å². The van der Waals surface area contributed by atoms with E-state index in [1.54, 1.807) is 47.5 Å². The van der Waals surface area contributed by atoms with Gasteiger partial charge in [0, 0.05) is 12.7 Å². The highest BCUT2D eigenvalue weighted by Crippen LogP contribution is 2.45. The lowest BCUT2D eigenvalue weighted by molar-refractivity contribution is -0.121. The first-order valence-electron chi connectivity index (χ1n) is 12.0. The summed E-state index contributed by atoms with van der Waals surface area (Å²) in [4.78, 5) is 20.6. The molecule has 5 rings (SSSR count). The van der Waals surface area contributed by atoms with Crippen LogP contribution in [0.2, 0.25) is 0 Å². The van der Waals surface area contributed by atoms with Gasteiger partial charge in [-0.3, -0.25) is 9.69 Å². The molecule has 0 radical (unpaired) electrons. The van der Waals surface area contributed by atoms with Gasteiger partial charge in [-0.05, 0) is 54.5 Å². The van der Waals surface area contributed by atoms with Crippen molar-refractivity contribution < 1.29 is 13.2 Å². The third kappa shape index (κ3) is 4.71. The Balaban J connectivity index is 1.63. The fourth-order valence-electron chi connectivity index (χ4n) is 4.76. The van der Waals surface area contributed by atoms with E-state index in [9.17, 15) is 13.2 Å². The molecule has 6 nitrogen and oxygen atoms in total. The summed E-state index contributed by atoms with van der Waals surface area (Å²) in [5, 5.41) is 0. The van der Waals surface area contributed by atoms with Crippen LogP contribution in [-0.4, -0.2) is 30.2 Å². The molecule has 0 saturated carbocycles. The number of pyridine rings is 1. The van der Waals surface area contributed by atoms with E-state index in [-0.39, 0.29) is 17.3 Å². The molecule has 0 N–H and O–H groups in total. The minimum Gasteiger partial charge on any atom is -0.273 e. The number of benzene rings is 3. The Labute approximate surface area is 217 Å². The van der Waals surface area contributed by atoms with Crippen molar-refractivity contribution in [1.29, 1.82) is 0 Å². The fraction of sp³-hybridized carbons (Fsp3) is 0.133. The Morgan fingerprint density at radius 1 is 0.892 bits per heavy atom. The molecule has 7 heteroatoms. The number of anilines is 2. The van der Waals surface area contributed by atoms with Crippen LogP contribution in [0, 0.1) is 12.8 Å².